The van der Waals surface area contributed by atoms with Crippen molar-refractivity contribution < 1.29 is 13.6 Å². The summed E-state index contributed by atoms with van der Waals surface area (Å²) in [7, 11) is -1.80. The zero-order chi connectivity index (χ0) is 38.0. The summed E-state index contributed by atoms with van der Waals surface area (Å²) in [5, 5.41) is 0. The number of allylic oxidation sites excluding steroid dienone is 6. The predicted molar refractivity (Wildman–Crippen MR) is 214 cm³/mol. The molecule has 0 bridgehead atoms. The van der Waals surface area contributed by atoms with Crippen LogP contribution in [0.3, 0.4) is 0 Å². The van der Waals surface area contributed by atoms with Crippen molar-refractivity contribution >= 4 is 8.60 Å². The van der Waals surface area contributed by atoms with Crippen LogP contribution in [0.25, 0.3) is 0 Å². The molecule has 0 aromatic carbocycles. The maximum atomic E-state index is 7.15. The molecule has 0 heterocycles. The van der Waals surface area contributed by atoms with E-state index in [1.807, 2.05) is 0 Å². The van der Waals surface area contributed by atoms with E-state index in [1.54, 1.807) is 0 Å². The van der Waals surface area contributed by atoms with Gasteiger partial charge < -0.3 is 13.6 Å². The molecule has 0 amide bonds. The van der Waals surface area contributed by atoms with E-state index in [1.165, 1.54) is 16.7 Å². The highest BCUT2D eigenvalue weighted by Gasteiger charge is 2.45. The van der Waals surface area contributed by atoms with Crippen molar-refractivity contribution in [3.05, 3.63) is 71.4 Å². The molecule has 0 saturated carbocycles. The highest BCUT2D eigenvalue weighted by molar-refractivity contribution is 7.41. The van der Waals surface area contributed by atoms with Gasteiger partial charge in [-0.15, -0.1) is 0 Å². The standard InChI is InChI=1S/C45H75O3P/c1-37(2,3)31-28-43(19,40(10,11)12)25-22-34(31)46-49(47-35-23-26-44(20,41(13,14)15)29-32(35)38(4,5)6)48-36-24-27-45(21,42(16,17)18)30-33(36)39(7,8)9/h22-30,34-36H,1-21H3. The van der Waals surface area contributed by atoms with Crippen molar-refractivity contribution in [2.75, 3.05) is 0 Å². The molecule has 0 aromatic rings. The van der Waals surface area contributed by atoms with Crippen molar-refractivity contribution in [1.29, 1.82) is 0 Å². The summed E-state index contributed by atoms with van der Waals surface area (Å²) >= 11 is 0. The van der Waals surface area contributed by atoms with Crippen LogP contribution in [0.5, 0.6) is 0 Å². The first-order chi connectivity index (χ1) is 21.6. The lowest BCUT2D eigenvalue weighted by Crippen LogP contribution is -2.38. The third-order valence-corrected chi connectivity index (χ3v) is 13.4. The zero-order valence-electron chi connectivity index (χ0n) is 35.6. The smallest absolute Gasteiger partial charge is 0.300 e. The Kier molecular flexibility index (Phi) is 11.5. The highest BCUT2D eigenvalue weighted by Crippen LogP contribution is 2.57. The average molecular weight is 695 g/mol. The lowest BCUT2D eigenvalue weighted by Gasteiger charge is -2.46. The molecule has 0 fully saturated rings. The minimum absolute atomic E-state index is 0.0563. The van der Waals surface area contributed by atoms with Gasteiger partial charge in [0, 0.05) is 16.2 Å². The van der Waals surface area contributed by atoms with Crippen LogP contribution in [0.15, 0.2) is 71.4 Å². The Morgan fingerprint density at radius 3 is 0.776 bits per heavy atom. The van der Waals surface area contributed by atoms with Gasteiger partial charge in [-0.1, -0.05) is 200 Å². The number of hydrogen-bond donors (Lipinski definition) is 0. The lowest BCUT2D eigenvalue weighted by molar-refractivity contribution is 0.102. The third kappa shape index (κ3) is 9.22. The molecule has 3 aliphatic carbocycles. The van der Waals surface area contributed by atoms with Gasteiger partial charge in [0.1, 0.15) is 18.3 Å². The second kappa shape index (κ2) is 13.3. The van der Waals surface area contributed by atoms with Crippen LogP contribution in [0, 0.1) is 48.7 Å². The topological polar surface area (TPSA) is 27.7 Å². The second-order valence-electron chi connectivity index (χ2n) is 22.0. The van der Waals surface area contributed by atoms with Crippen LogP contribution in [0.2, 0.25) is 0 Å². The molecule has 0 aliphatic heterocycles. The largest absolute Gasteiger partial charge is 0.335 e. The van der Waals surface area contributed by atoms with Crippen molar-refractivity contribution in [2.24, 2.45) is 48.7 Å². The van der Waals surface area contributed by atoms with Gasteiger partial charge in [0.25, 0.3) is 0 Å². The maximum absolute atomic E-state index is 7.15. The van der Waals surface area contributed by atoms with Gasteiger partial charge in [-0.25, -0.2) is 0 Å². The maximum Gasteiger partial charge on any atom is 0.335 e. The summed E-state index contributed by atoms with van der Waals surface area (Å²) in [5.41, 5.74) is 3.36. The van der Waals surface area contributed by atoms with E-state index >= 15 is 0 Å². The third-order valence-electron chi connectivity index (χ3n) is 12.2. The Bertz CT molecular complexity index is 1220. The van der Waals surface area contributed by atoms with Crippen LogP contribution < -0.4 is 0 Å². The van der Waals surface area contributed by atoms with E-state index in [-0.39, 0.29) is 67.0 Å². The van der Waals surface area contributed by atoms with Gasteiger partial charge in [0.15, 0.2) is 0 Å². The molecule has 4 heteroatoms. The average Bonchev–Trinajstić information content (AvgIpc) is 2.88. The van der Waals surface area contributed by atoms with E-state index in [0.717, 1.165) is 0 Å². The van der Waals surface area contributed by atoms with E-state index in [4.69, 9.17) is 13.6 Å². The molecule has 0 aromatic heterocycles. The summed E-state index contributed by atoms with van der Waals surface area (Å²) in [5.74, 6) is 0. The predicted octanol–water partition coefficient (Wildman–Crippen LogP) is 14.2. The minimum atomic E-state index is -1.80. The Balaban J connectivity index is 2.15. The van der Waals surface area contributed by atoms with Gasteiger partial charge in [0.2, 0.25) is 0 Å². The minimum Gasteiger partial charge on any atom is -0.300 e. The van der Waals surface area contributed by atoms with E-state index in [9.17, 15) is 0 Å². The van der Waals surface area contributed by atoms with Crippen LogP contribution in [0.4, 0.5) is 0 Å². The van der Waals surface area contributed by atoms with Gasteiger partial charge in [-0.2, -0.15) is 0 Å². The SMILES string of the molecule is CC(C)(C)C1=CC(C)(C(C)(C)C)C=CC1OP(OC1C=CC(C)(C(C)(C)C)C=C1C(C)(C)C)OC1C=CC(C)(C(C)(C)C)C=C1C(C)(C)C. The Hall–Kier alpha value is -1.25. The van der Waals surface area contributed by atoms with Crippen molar-refractivity contribution in [3.63, 3.8) is 0 Å². The van der Waals surface area contributed by atoms with E-state index in [2.05, 4.69) is 200 Å². The summed E-state index contributed by atoms with van der Waals surface area (Å²) < 4.78 is 21.4. The molecule has 3 aliphatic rings. The molecule has 0 N–H and O–H groups in total. The molecule has 6 unspecified atom stereocenters. The lowest BCUT2D eigenvalue weighted by atomic mass is 9.63. The quantitative estimate of drug-likeness (QED) is 0.205. The first-order valence-corrected chi connectivity index (χ1v) is 19.8. The fraction of sp³-hybridized carbons (Fsp3) is 0.733. The van der Waals surface area contributed by atoms with Crippen molar-refractivity contribution in [2.45, 2.75) is 164 Å². The van der Waals surface area contributed by atoms with Gasteiger partial charge in [-0.3, -0.25) is 0 Å². The van der Waals surface area contributed by atoms with E-state index in [0.29, 0.717) is 0 Å². The first kappa shape index (κ1) is 42.2. The summed E-state index contributed by atoms with van der Waals surface area (Å²) in [4.78, 5) is 0. The van der Waals surface area contributed by atoms with E-state index < -0.39 is 8.60 Å². The summed E-state index contributed by atoms with van der Waals surface area (Å²) in [6.45, 7) is 48.4. The summed E-state index contributed by atoms with van der Waals surface area (Å²) in [6.07, 6.45) is 20.4. The molecule has 3 rings (SSSR count). The van der Waals surface area contributed by atoms with Crippen molar-refractivity contribution in [1.82, 2.24) is 0 Å². The monoisotopic (exact) mass is 695 g/mol. The molecular formula is C45H75O3P. The molecular weight excluding hydrogens is 619 g/mol. The van der Waals surface area contributed by atoms with Crippen LogP contribution in [-0.2, 0) is 13.6 Å². The van der Waals surface area contributed by atoms with Crippen LogP contribution >= 0.6 is 8.60 Å². The first-order valence-electron chi connectivity index (χ1n) is 18.7. The highest BCUT2D eigenvalue weighted by atomic mass is 31.2. The molecule has 0 saturated heterocycles. The Morgan fingerprint density at radius 1 is 0.408 bits per heavy atom. The molecule has 6 atom stereocenters. The van der Waals surface area contributed by atoms with Gasteiger partial charge in [-0.05, 0) is 49.2 Å². The number of hydrogen-bond acceptors (Lipinski definition) is 3. The Morgan fingerprint density at radius 2 is 0.612 bits per heavy atom. The molecule has 278 valence electrons. The fourth-order valence-electron chi connectivity index (χ4n) is 6.49. The number of rotatable bonds is 6. The zero-order valence-corrected chi connectivity index (χ0v) is 36.5. The van der Waals surface area contributed by atoms with Crippen molar-refractivity contribution in [3.8, 4) is 0 Å². The van der Waals surface area contributed by atoms with Gasteiger partial charge >= 0.3 is 8.60 Å². The molecule has 0 spiro atoms. The van der Waals surface area contributed by atoms with Crippen LogP contribution in [0.1, 0.15) is 145 Å². The normalized spacial score (nSPS) is 32.5. The van der Waals surface area contributed by atoms with Gasteiger partial charge in [0.05, 0.1) is 0 Å². The van der Waals surface area contributed by atoms with Crippen LogP contribution in [-0.4, -0.2) is 18.3 Å². The molecule has 0 radical (unpaired) electrons. The summed E-state index contributed by atoms with van der Waals surface area (Å²) in [6, 6.07) is 0. The Labute approximate surface area is 305 Å². The molecule has 49 heavy (non-hydrogen) atoms. The second-order valence-corrected chi connectivity index (χ2v) is 23.1. The fourth-order valence-corrected chi connectivity index (χ4v) is 7.75. The molecule has 3 nitrogen and oxygen atoms in total.